The maximum absolute atomic E-state index is 13.7. The molecule has 1 aromatic heterocycles. The van der Waals surface area contributed by atoms with Crippen LogP contribution in [0.15, 0.2) is 41.2 Å². The number of aryl methyl sites for hydroxylation is 1. The molecule has 1 heterocycles. The average molecular weight is 412 g/mol. The Kier molecular flexibility index (Phi) is 3.94. The van der Waals surface area contributed by atoms with Crippen molar-refractivity contribution in [2.75, 3.05) is 0 Å². The van der Waals surface area contributed by atoms with Gasteiger partial charge in [-0.05, 0) is 52.9 Å². The van der Waals surface area contributed by atoms with Crippen LogP contribution < -0.4 is 5.56 Å². The van der Waals surface area contributed by atoms with Crippen molar-refractivity contribution in [1.29, 1.82) is 0 Å². The number of hydrogen-bond acceptors (Lipinski definition) is 2. The van der Waals surface area contributed by atoms with Crippen LogP contribution in [0.1, 0.15) is 12.7 Å². The number of nitrogens with zero attached hydrogens (tertiary/aromatic N) is 2. The molecule has 3 aromatic rings. The van der Waals surface area contributed by atoms with Gasteiger partial charge in [0.15, 0.2) is 0 Å². The molecule has 2 aromatic carbocycles. The van der Waals surface area contributed by atoms with Gasteiger partial charge < -0.3 is 0 Å². The third-order valence-electron chi connectivity index (χ3n) is 3.38. The van der Waals surface area contributed by atoms with Crippen molar-refractivity contribution in [1.82, 2.24) is 9.55 Å². The van der Waals surface area contributed by atoms with Gasteiger partial charge in [0, 0.05) is 16.1 Å². The molecule has 22 heavy (non-hydrogen) atoms. The second kappa shape index (κ2) is 5.75. The Labute approximate surface area is 138 Å². The van der Waals surface area contributed by atoms with E-state index >= 15 is 0 Å². The highest BCUT2D eigenvalue weighted by Gasteiger charge is 2.14. The van der Waals surface area contributed by atoms with Gasteiger partial charge in [0.2, 0.25) is 0 Å². The zero-order chi connectivity index (χ0) is 15.9. The molecule has 0 radical (unpaired) electrons. The van der Waals surface area contributed by atoms with Gasteiger partial charge in [0.1, 0.15) is 17.5 Å². The molecule has 0 aliphatic rings. The van der Waals surface area contributed by atoms with Crippen molar-refractivity contribution in [3.05, 3.63) is 67.8 Å². The van der Waals surface area contributed by atoms with Crippen LogP contribution in [-0.2, 0) is 6.42 Å². The van der Waals surface area contributed by atoms with E-state index in [0.717, 1.165) is 0 Å². The second-order valence-electron chi connectivity index (χ2n) is 4.78. The molecule has 112 valence electrons. The summed E-state index contributed by atoms with van der Waals surface area (Å²) in [4.78, 5) is 17.1. The predicted molar refractivity (Wildman–Crippen MR) is 89.4 cm³/mol. The summed E-state index contributed by atoms with van der Waals surface area (Å²) in [6.07, 6.45) is 0.496. The van der Waals surface area contributed by atoms with Crippen LogP contribution in [0.5, 0.6) is 0 Å². The van der Waals surface area contributed by atoms with Crippen LogP contribution >= 0.6 is 22.6 Å². The lowest BCUT2D eigenvalue weighted by Crippen LogP contribution is -2.23. The quantitative estimate of drug-likeness (QED) is 0.600. The molecule has 6 heteroatoms. The first-order valence-corrected chi connectivity index (χ1v) is 7.75. The number of aromatic nitrogens is 2. The summed E-state index contributed by atoms with van der Waals surface area (Å²) < 4.78 is 28.6. The first-order valence-electron chi connectivity index (χ1n) is 6.68. The zero-order valence-electron chi connectivity index (χ0n) is 11.6. The Bertz CT molecular complexity index is 920. The van der Waals surface area contributed by atoms with Gasteiger partial charge in [0.25, 0.3) is 5.56 Å². The monoisotopic (exact) mass is 412 g/mol. The highest BCUT2D eigenvalue weighted by Crippen LogP contribution is 2.19. The number of halogens is 3. The molecular weight excluding hydrogens is 401 g/mol. The summed E-state index contributed by atoms with van der Waals surface area (Å²) in [5, 5.41) is 0.340. The number of hydrogen-bond donors (Lipinski definition) is 0. The van der Waals surface area contributed by atoms with Crippen molar-refractivity contribution in [3.8, 4) is 5.69 Å². The van der Waals surface area contributed by atoms with Gasteiger partial charge in [-0.2, -0.15) is 0 Å². The van der Waals surface area contributed by atoms with Crippen LogP contribution in [0.2, 0.25) is 0 Å². The summed E-state index contributed by atoms with van der Waals surface area (Å²) in [5.41, 5.74) is 0.585. The summed E-state index contributed by atoms with van der Waals surface area (Å²) in [7, 11) is 0. The first-order chi connectivity index (χ1) is 10.5. The minimum Gasteiger partial charge on any atom is -0.268 e. The molecule has 0 fully saturated rings. The van der Waals surface area contributed by atoms with Gasteiger partial charge in [-0.3, -0.25) is 9.36 Å². The molecular formula is C16H11F2IN2O. The topological polar surface area (TPSA) is 34.9 Å². The standard InChI is InChI=1S/C16H11F2IN2O/c1-2-15-20-14-8-12(18)13(19)7-11(14)16(22)21(15)10-5-3-9(17)4-6-10/h3-8H,2H2,1H3. The van der Waals surface area contributed by atoms with E-state index in [-0.39, 0.29) is 11.4 Å². The molecule has 3 rings (SSSR count). The summed E-state index contributed by atoms with van der Waals surface area (Å²) in [6, 6.07) is 8.39. The SMILES string of the molecule is CCc1nc2cc(F)c(I)cc2c(=O)n1-c1ccc(F)cc1. The second-order valence-corrected chi connectivity index (χ2v) is 5.94. The Hall–Kier alpha value is -1.83. The van der Waals surface area contributed by atoms with Crippen molar-refractivity contribution >= 4 is 33.5 Å². The van der Waals surface area contributed by atoms with Gasteiger partial charge in [-0.15, -0.1) is 0 Å². The Morgan fingerprint density at radius 2 is 1.86 bits per heavy atom. The molecule has 0 saturated carbocycles. The minimum atomic E-state index is -0.401. The van der Waals surface area contributed by atoms with Gasteiger partial charge in [-0.1, -0.05) is 6.92 Å². The van der Waals surface area contributed by atoms with E-state index in [9.17, 15) is 13.6 Å². The summed E-state index contributed by atoms with van der Waals surface area (Å²) in [6.45, 7) is 1.86. The largest absolute Gasteiger partial charge is 0.268 e. The number of rotatable bonds is 2. The molecule has 0 N–H and O–H groups in total. The minimum absolute atomic E-state index is 0.286. The molecule has 0 aliphatic heterocycles. The predicted octanol–water partition coefficient (Wildman–Crippen LogP) is 3.83. The maximum Gasteiger partial charge on any atom is 0.266 e. The van der Waals surface area contributed by atoms with E-state index in [4.69, 9.17) is 0 Å². The molecule has 0 aliphatic carbocycles. The molecule has 3 nitrogen and oxygen atoms in total. The Balaban J connectivity index is 2.38. The maximum atomic E-state index is 13.7. The van der Waals surface area contributed by atoms with E-state index in [1.165, 1.54) is 41.0 Å². The lowest BCUT2D eigenvalue weighted by Gasteiger charge is -2.12. The summed E-state index contributed by atoms with van der Waals surface area (Å²) >= 11 is 1.84. The molecule has 0 amide bonds. The van der Waals surface area contributed by atoms with Crippen LogP contribution in [0.3, 0.4) is 0 Å². The van der Waals surface area contributed by atoms with E-state index in [2.05, 4.69) is 4.98 Å². The third-order valence-corrected chi connectivity index (χ3v) is 4.21. The number of fused-ring (bicyclic) bond motifs is 1. The normalized spacial score (nSPS) is 11.1. The van der Waals surface area contributed by atoms with Crippen molar-refractivity contribution in [2.45, 2.75) is 13.3 Å². The van der Waals surface area contributed by atoms with E-state index in [1.54, 1.807) is 0 Å². The van der Waals surface area contributed by atoms with E-state index in [0.29, 0.717) is 32.4 Å². The van der Waals surface area contributed by atoms with Gasteiger partial charge in [0.05, 0.1) is 16.6 Å². The molecule has 0 unspecified atom stereocenters. The van der Waals surface area contributed by atoms with Crippen molar-refractivity contribution < 1.29 is 8.78 Å². The smallest absolute Gasteiger partial charge is 0.266 e. The molecule has 0 spiro atoms. The Morgan fingerprint density at radius 3 is 2.50 bits per heavy atom. The third kappa shape index (κ3) is 2.51. The van der Waals surface area contributed by atoms with Crippen LogP contribution in [0.25, 0.3) is 16.6 Å². The average Bonchev–Trinajstić information content (AvgIpc) is 2.50. The first kappa shape index (κ1) is 15.1. The van der Waals surface area contributed by atoms with Crippen LogP contribution in [-0.4, -0.2) is 9.55 Å². The Morgan fingerprint density at radius 1 is 1.18 bits per heavy atom. The molecule has 0 saturated heterocycles. The van der Waals surface area contributed by atoms with E-state index < -0.39 is 5.82 Å². The van der Waals surface area contributed by atoms with Gasteiger partial charge in [-0.25, -0.2) is 13.8 Å². The van der Waals surface area contributed by atoms with Crippen molar-refractivity contribution in [2.24, 2.45) is 0 Å². The van der Waals surface area contributed by atoms with Gasteiger partial charge >= 0.3 is 0 Å². The molecule has 0 bridgehead atoms. The van der Waals surface area contributed by atoms with E-state index in [1.807, 2.05) is 29.5 Å². The van der Waals surface area contributed by atoms with Crippen LogP contribution in [0.4, 0.5) is 8.78 Å². The highest BCUT2D eigenvalue weighted by atomic mass is 127. The number of benzene rings is 2. The fourth-order valence-corrected chi connectivity index (χ4v) is 2.79. The fourth-order valence-electron chi connectivity index (χ4n) is 2.32. The lowest BCUT2D eigenvalue weighted by atomic mass is 10.2. The zero-order valence-corrected chi connectivity index (χ0v) is 13.8. The fraction of sp³-hybridized carbons (Fsp3) is 0.125. The lowest BCUT2D eigenvalue weighted by molar-refractivity contribution is 0.621. The van der Waals surface area contributed by atoms with Crippen molar-refractivity contribution in [3.63, 3.8) is 0 Å². The van der Waals surface area contributed by atoms with Crippen LogP contribution in [0, 0.1) is 15.2 Å². The highest BCUT2D eigenvalue weighted by molar-refractivity contribution is 14.1. The molecule has 0 atom stereocenters. The summed E-state index contributed by atoms with van der Waals surface area (Å²) in [5.74, 6) is -0.272.